The normalized spacial score (nSPS) is 29.7. The third-order valence-electron chi connectivity index (χ3n) is 16.4. The Bertz CT molecular complexity index is 2730. The number of carbonyl (C=O) groups excluding carboxylic acids is 2. The molecule has 476 valence electrons. The number of nitrogens with two attached hydrogens (primary N) is 2. The SMILES string of the molecule is CC1(C)O[C@H]([C@H]2OC(C)(C)O[C@H]2CCCC(CCC[C@@H]2OC(C)(C)O[C@@H]2[C@H]2OC(C)(C)O[C@@H]2[C@H]2COC(C)(C)O2)CNC(=O)CCc2ccc(-c3ccc(CCCCNC(=N)NC(=O)c4nc(Cl)c(N)nc4N)cc3)cc2)[C@@H]([C@H]2COC(C)(C)O2)O1. The second-order valence-corrected chi connectivity index (χ2v) is 26.8. The van der Waals surface area contributed by atoms with Crippen molar-refractivity contribution in [3.8, 4) is 11.1 Å². The van der Waals surface area contributed by atoms with Crippen molar-refractivity contribution < 1.29 is 66.4 Å². The maximum absolute atomic E-state index is 13.7. The van der Waals surface area contributed by atoms with Crippen LogP contribution in [0.15, 0.2) is 48.5 Å². The summed E-state index contributed by atoms with van der Waals surface area (Å²) in [5.41, 5.74) is 15.6. The molecule has 3 aromatic rings. The van der Waals surface area contributed by atoms with Gasteiger partial charge in [0.05, 0.1) is 25.4 Å². The van der Waals surface area contributed by atoms with Crippen LogP contribution in [0.1, 0.15) is 162 Å². The molecule has 6 aliphatic heterocycles. The van der Waals surface area contributed by atoms with Gasteiger partial charge in [0.25, 0.3) is 5.91 Å². The molecule has 10 atom stereocenters. The fourth-order valence-electron chi connectivity index (χ4n) is 12.6. The maximum atomic E-state index is 13.7. The number of halogens is 1. The van der Waals surface area contributed by atoms with Crippen LogP contribution in [-0.4, -0.2) is 150 Å². The van der Waals surface area contributed by atoms with Crippen molar-refractivity contribution in [3.63, 3.8) is 0 Å². The minimum atomic E-state index is -0.854. The molecule has 6 aliphatic rings. The van der Waals surface area contributed by atoms with Crippen LogP contribution in [0, 0.1) is 11.3 Å². The first-order chi connectivity index (χ1) is 40.4. The highest BCUT2D eigenvalue weighted by atomic mass is 35.5. The van der Waals surface area contributed by atoms with Crippen LogP contribution in [0.5, 0.6) is 0 Å². The van der Waals surface area contributed by atoms with Crippen LogP contribution >= 0.6 is 11.6 Å². The standard InChI is InChI=1S/C63H93ClN8O14/c1-58(2)75-34-43(79-58)49-51(85-62(9,10)83-49)47-41(77-60(5,6)81-47)20-15-18-38(19-16-21-42-48(82-61(7,8)78-42)52-50(84-63(11,12)86-52)44-35-76-59(3,4)80-44)33-69-45(73)31-26-37-24-29-40(30-25-37)39-27-22-36(23-28-39)17-13-14-32-68-57(67)72-56(74)46-54(65)71-55(66)53(64)70-46/h22-25,27-30,38,41-44,47-52H,13-21,26,31-35H2,1-12H3,(H,69,73)(H4,65,66,71)(H3,67,68,72,74)/t41-,42-,43+,44+,47-,48-,49+,50+,51+,52+/m0/s1. The van der Waals surface area contributed by atoms with Gasteiger partial charge in [0, 0.05) is 19.5 Å². The maximum Gasteiger partial charge on any atom is 0.280 e. The van der Waals surface area contributed by atoms with E-state index in [1.54, 1.807) is 0 Å². The zero-order chi connectivity index (χ0) is 62.0. The summed E-state index contributed by atoms with van der Waals surface area (Å²) in [6, 6.07) is 16.9. The van der Waals surface area contributed by atoms with Gasteiger partial charge >= 0.3 is 0 Å². The Morgan fingerprint density at radius 2 is 1.01 bits per heavy atom. The van der Waals surface area contributed by atoms with Gasteiger partial charge in [-0.3, -0.25) is 20.3 Å². The molecule has 6 fully saturated rings. The number of unbranched alkanes of at least 4 members (excludes halogenated alkanes) is 1. The number of anilines is 2. The average Bonchev–Trinajstić information content (AvgIpc) is 3.42. The van der Waals surface area contributed by atoms with Crippen molar-refractivity contribution in [2.75, 3.05) is 37.8 Å². The molecule has 8 N–H and O–H groups in total. The van der Waals surface area contributed by atoms with Crippen LogP contribution in [-0.2, 0) is 74.5 Å². The number of amides is 2. The Hall–Kier alpha value is -4.66. The van der Waals surface area contributed by atoms with Gasteiger partial charge in [-0.2, -0.15) is 0 Å². The monoisotopic (exact) mass is 1220 g/mol. The average molecular weight is 1220 g/mol. The smallest absolute Gasteiger partial charge is 0.280 e. The van der Waals surface area contributed by atoms with E-state index in [1.165, 1.54) is 5.56 Å². The van der Waals surface area contributed by atoms with E-state index >= 15 is 0 Å². The number of hydrogen-bond donors (Lipinski definition) is 6. The summed E-state index contributed by atoms with van der Waals surface area (Å²) in [4.78, 5) is 33.9. The molecule has 7 heterocycles. The first kappa shape index (κ1) is 65.8. The lowest BCUT2D eigenvalue weighted by Crippen LogP contribution is -2.47. The molecule has 2 amide bonds. The molecule has 0 unspecified atom stereocenters. The van der Waals surface area contributed by atoms with E-state index in [0.717, 1.165) is 61.6 Å². The number of nitrogens with one attached hydrogen (secondary N) is 4. The van der Waals surface area contributed by atoms with Crippen LogP contribution in [0.25, 0.3) is 11.1 Å². The summed E-state index contributed by atoms with van der Waals surface area (Å²) in [6.45, 7) is 24.8. The first-order valence-electron chi connectivity index (χ1n) is 30.6. The lowest BCUT2D eigenvalue weighted by Gasteiger charge is -2.29. The third-order valence-corrected chi connectivity index (χ3v) is 16.7. The molecular formula is C63H93ClN8O14. The van der Waals surface area contributed by atoms with E-state index in [9.17, 15) is 9.59 Å². The van der Waals surface area contributed by atoms with Gasteiger partial charge in [-0.1, -0.05) is 73.0 Å². The number of nitrogen functional groups attached to an aromatic ring is 2. The quantitative estimate of drug-likeness (QED) is 0.0278. The predicted molar refractivity (Wildman–Crippen MR) is 322 cm³/mol. The number of carbonyl (C=O) groups is 2. The summed E-state index contributed by atoms with van der Waals surface area (Å²) in [6.07, 6.45) is 4.42. The van der Waals surface area contributed by atoms with Crippen molar-refractivity contribution in [3.05, 3.63) is 70.5 Å². The topological polar surface area (TPSA) is 283 Å². The zero-order valence-corrected chi connectivity index (χ0v) is 53.0. The Morgan fingerprint density at radius 3 is 1.49 bits per heavy atom. The number of rotatable bonds is 24. The van der Waals surface area contributed by atoms with E-state index in [4.69, 9.17) is 85.3 Å². The van der Waals surface area contributed by atoms with Gasteiger partial charge < -0.3 is 78.9 Å². The fraction of sp³-hybridized carbons (Fsp3) is 0.698. The lowest BCUT2D eigenvalue weighted by molar-refractivity contribution is -0.178. The molecule has 1 aromatic heterocycles. The molecule has 0 saturated carbocycles. The molecule has 86 heavy (non-hydrogen) atoms. The largest absolute Gasteiger partial charge is 0.382 e. The molecule has 2 aromatic carbocycles. The van der Waals surface area contributed by atoms with Crippen molar-refractivity contribution >= 4 is 41.0 Å². The van der Waals surface area contributed by atoms with Crippen molar-refractivity contribution in [1.29, 1.82) is 5.41 Å². The van der Waals surface area contributed by atoms with Gasteiger partial charge in [0.1, 0.15) is 48.8 Å². The summed E-state index contributed by atoms with van der Waals surface area (Å²) in [7, 11) is 0. The van der Waals surface area contributed by atoms with Crippen molar-refractivity contribution in [2.24, 2.45) is 5.92 Å². The predicted octanol–water partition coefficient (Wildman–Crippen LogP) is 8.63. The summed E-state index contributed by atoms with van der Waals surface area (Å²) in [5.74, 6) is -5.85. The van der Waals surface area contributed by atoms with Crippen LogP contribution in [0.4, 0.5) is 11.6 Å². The third kappa shape index (κ3) is 17.4. The second kappa shape index (κ2) is 26.8. The number of aromatic nitrogens is 2. The number of guanidine groups is 1. The summed E-state index contributed by atoms with van der Waals surface area (Å²) in [5, 5.41) is 16.6. The van der Waals surface area contributed by atoms with Crippen LogP contribution in [0.2, 0.25) is 5.15 Å². The van der Waals surface area contributed by atoms with Crippen molar-refractivity contribution in [2.45, 2.75) is 249 Å². The Kier molecular flexibility index (Phi) is 20.5. The van der Waals surface area contributed by atoms with Gasteiger partial charge in [-0.15, -0.1) is 0 Å². The molecule has 0 aliphatic carbocycles. The Labute approximate surface area is 511 Å². The van der Waals surface area contributed by atoms with Gasteiger partial charge in [0.15, 0.2) is 63.2 Å². The molecule has 9 rings (SSSR count). The van der Waals surface area contributed by atoms with Gasteiger partial charge in [-0.05, 0) is 163 Å². The number of ether oxygens (including phenoxy) is 12. The highest BCUT2D eigenvalue weighted by molar-refractivity contribution is 6.31. The molecule has 6 saturated heterocycles. The number of benzene rings is 2. The molecule has 23 heteroatoms. The zero-order valence-electron chi connectivity index (χ0n) is 52.2. The lowest BCUT2D eigenvalue weighted by atomic mass is 9.90. The minimum Gasteiger partial charge on any atom is -0.382 e. The number of nitrogens with zero attached hydrogens (tertiary/aromatic N) is 2. The number of hydrogen-bond acceptors (Lipinski definition) is 19. The number of aryl methyl sites for hydroxylation is 2. The first-order valence-corrected chi connectivity index (χ1v) is 31.0. The highest BCUT2D eigenvalue weighted by Crippen LogP contribution is 2.45. The second-order valence-electron chi connectivity index (χ2n) is 26.4. The van der Waals surface area contributed by atoms with E-state index in [0.29, 0.717) is 52.0 Å². The Balaban J connectivity index is 0.774. The van der Waals surface area contributed by atoms with Crippen molar-refractivity contribution in [1.82, 2.24) is 25.9 Å². The van der Waals surface area contributed by atoms with E-state index in [2.05, 4.69) is 74.4 Å². The van der Waals surface area contributed by atoms with E-state index in [-0.39, 0.29) is 64.7 Å². The molecule has 0 radical (unpaired) electrons. The minimum absolute atomic E-state index is 0.00172. The summed E-state index contributed by atoms with van der Waals surface area (Å²) >= 11 is 5.89. The molecule has 0 bridgehead atoms. The van der Waals surface area contributed by atoms with Gasteiger partial charge in [0.2, 0.25) is 5.91 Å². The van der Waals surface area contributed by atoms with E-state index < -0.39 is 77.3 Å². The van der Waals surface area contributed by atoms with Crippen LogP contribution < -0.4 is 27.4 Å². The molecule has 0 spiro atoms. The summed E-state index contributed by atoms with van der Waals surface area (Å²) < 4.78 is 77.3. The van der Waals surface area contributed by atoms with Crippen LogP contribution in [0.3, 0.4) is 0 Å². The highest BCUT2D eigenvalue weighted by Gasteiger charge is 2.59. The molecular weight excluding hydrogens is 1130 g/mol. The van der Waals surface area contributed by atoms with Gasteiger partial charge in [-0.25, -0.2) is 9.97 Å². The molecule has 22 nitrogen and oxygen atoms in total. The fourth-order valence-corrected chi connectivity index (χ4v) is 12.7. The van der Waals surface area contributed by atoms with E-state index in [1.807, 2.05) is 83.1 Å². The Morgan fingerprint density at radius 1 is 0.558 bits per heavy atom.